The largest absolute Gasteiger partial charge is 0.477 e. The zero-order chi connectivity index (χ0) is 16.9. The fraction of sp³-hybridized carbons (Fsp3) is 0.0625. The van der Waals surface area contributed by atoms with Crippen molar-refractivity contribution in [2.45, 2.75) is 6.92 Å². The van der Waals surface area contributed by atoms with Crippen LogP contribution in [0.3, 0.4) is 0 Å². The molecule has 0 unspecified atom stereocenters. The summed E-state index contributed by atoms with van der Waals surface area (Å²) in [4.78, 5) is 11.5. The predicted octanol–water partition coefficient (Wildman–Crippen LogP) is 6.16. The maximum atomic E-state index is 14.6. The molecule has 0 saturated carbocycles. The number of hydrogen-bond donors (Lipinski definition) is 1. The minimum absolute atomic E-state index is 0.0636. The molecule has 1 aromatic heterocycles. The van der Waals surface area contributed by atoms with Crippen LogP contribution < -0.4 is 0 Å². The van der Waals surface area contributed by atoms with Crippen LogP contribution in [-0.4, -0.2) is 11.1 Å². The summed E-state index contributed by atoms with van der Waals surface area (Å²) in [5.74, 6) is -2.76. The standard InChI is InChI=1S/C16H8Cl2F2O2S/c1-6-13(18)10(19)5-9(14(6)20)12-8-3-2-7(17)4-11(8)23-15(12)16(21)22/h2-5H,1H3,(H,21,22). The van der Waals surface area contributed by atoms with Gasteiger partial charge in [0.1, 0.15) is 16.5 Å². The van der Waals surface area contributed by atoms with Gasteiger partial charge in [0.15, 0.2) is 0 Å². The van der Waals surface area contributed by atoms with Crippen LogP contribution in [0.5, 0.6) is 0 Å². The fourth-order valence-electron chi connectivity index (χ4n) is 2.40. The zero-order valence-electron chi connectivity index (χ0n) is 11.6. The topological polar surface area (TPSA) is 37.3 Å². The first-order valence-corrected chi connectivity index (χ1v) is 7.98. The fourth-order valence-corrected chi connectivity index (χ4v) is 3.87. The van der Waals surface area contributed by atoms with Crippen molar-refractivity contribution in [3.8, 4) is 11.1 Å². The molecule has 1 N–H and O–H groups in total. The molecule has 0 bridgehead atoms. The predicted molar refractivity (Wildman–Crippen MR) is 88.9 cm³/mol. The van der Waals surface area contributed by atoms with E-state index in [0.717, 1.165) is 17.4 Å². The lowest BCUT2D eigenvalue weighted by molar-refractivity contribution is 0.0703. The summed E-state index contributed by atoms with van der Waals surface area (Å²) < 4.78 is 29.1. The molecule has 0 fully saturated rings. The zero-order valence-corrected chi connectivity index (χ0v) is 13.9. The lowest BCUT2D eigenvalue weighted by Crippen LogP contribution is -1.99. The maximum Gasteiger partial charge on any atom is 0.346 e. The van der Waals surface area contributed by atoms with Gasteiger partial charge >= 0.3 is 5.97 Å². The van der Waals surface area contributed by atoms with Crippen molar-refractivity contribution in [2.24, 2.45) is 0 Å². The van der Waals surface area contributed by atoms with Crippen LogP contribution in [0.15, 0.2) is 24.3 Å². The molecule has 2 nitrogen and oxygen atoms in total. The lowest BCUT2D eigenvalue weighted by Gasteiger charge is -2.09. The molecule has 3 aromatic rings. The number of carbonyl (C=O) groups is 1. The Balaban J connectivity index is 2.45. The van der Waals surface area contributed by atoms with Crippen LogP contribution >= 0.6 is 34.5 Å². The number of benzene rings is 2. The second kappa shape index (κ2) is 5.74. The molecule has 1 heterocycles. The van der Waals surface area contributed by atoms with Crippen LogP contribution in [0.2, 0.25) is 10.0 Å². The monoisotopic (exact) mass is 372 g/mol. The lowest BCUT2D eigenvalue weighted by atomic mass is 9.99. The van der Waals surface area contributed by atoms with E-state index in [1.165, 1.54) is 6.92 Å². The molecule has 3 rings (SSSR count). The number of carboxylic acids is 1. The van der Waals surface area contributed by atoms with E-state index in [-0.39, 0.29) is 26.6 Å². The molecule has 0 atom stereocenters. The van der Waals surface area contributed by atoms with Gasteiger partial charge in [-0.15, -0.1) is 11.3 Å². The Morgan fingerprint density at radius 1 is 1.22 bits per heavy atom. The Morgan fingerprint density at radius 2 is 1.91 bits per heavy atom. The van der Waals surface area contributed by atoms with Crippen LogP contribution in [-0.2, 0) is 0 Å². The molecule has 23 heavy (non-hydrogen) atoms. The summed E-state index contributed by atoms with van der Waals surface area (Å²) in [6, 6.07) is 5.68. The highest BCUT2D eigenvalue weighted by atomic mass is 35.5. The average molecular weight is 373 g/mol. The first kappa shape index (κ1) is 16.2. The molecular weight excluding hydrogens is 365 g/mol. The van der Waals surface area contributed by atoms with Crippen molar-refractivity contribution < 1.29 is 18.7 Å². The quantitative estimate of drug-likeness (QED) is 0.546. The first-order valence-electron chi connectivity index (χ1n) is 6.41. The second-order valence-electron chi connectivity index (χ2n) is 4.91. The summed E-state index contributed by atoms with van der Waals surface area (Å²) >= 11 is 12.6. The number of thiophene rings is 1. The van der Waals surface area contributed by atoms with E-state index in [2.05, 4.69) is 0 Å². The summed E-state index contributed by atoms with van der Waals surface area (Å²) in [7, 11) is 0. The van der Waals surface area contributed by atoms with Crippen LogP contribution in [0.4, 0.5) is 8.78 Å². The van der Waals surface area contributed by atoms with E-state index in [1.807, 2.05) is 0 Å². The Kier molecular flexibility index (Phi) is 4.04. The Morgan fingerprint density at radius 3 is 2.57 bits per heavy atom. The summed E-state index contributed by atoms with van der Waals surface area (Å²) in [6.07, 6.45) is 0. The Hall–Kier alpha value is -1.69. The molecule has 0 aliphatic carbocycles. The number of halogens is 4. The van der Waals surface area contributed by atoms with Gasteiger partial charge in [-0.2, -0.15) is 0 Å². The normalized spacial score (nSPS) is 11.2. The van der Waals surface area contributed by atoms with Gasteiger partial charge in [-0.3, -0.25) is 0 Å². The van der Waals surface area contributed by atoms with E-state index in [4.69, 9.17) is 23.2 Å². The first-order chi connectivity index (χ1) is 10.8. The minimum atomic E-state index is -1.22. The van der Waals surface area contributed by atoms with E-state index < -0.39 is 17.6 Å². The summed E-state index contributed by atoms with van der Waals surface area (Å²) in [5.41, 5.74) is -0.0629. The molecule has 0 amide bonds. The highest BCUT2D eigenvalue weighted by molar-refractivity contribution is 7.21. The van der Waals surface area contributed by atoms with Gasteiger partial charge in [0.2, 0.25) is 0 Å². The number of fused-ring (bicyclic) bond motifs is 1. The minimum Gasteiger partial charge on any atom is -0.477 e. The average Bonchev–Trinajstić information content (AvgIpc) is 2.87. The van der Waals surface area contributed by atoms with E-state index >= 15 is 0 Å². The summed E-state index contributed by atoms with van der Waals surface area (Å²) in [5, 5.41) is 10.0. The van der Waals surface area contributed by atoms with Crippen LogP contribution in [0.1, 0.15) is 15.2 Å². The van der Waals surface area contributed by atoms with Crippen LogP contribution in [0.25, 0.3) is 21.2 Å². The highest BCUT2D eigenvalue weighted by Gasteiger charge is 2.24. The van der Waals surface area contributed by atoms with Crippen molar-refractivity contribution >= 4 is 50.6 Å². The number of hydrogen-bond acceptors (Lipinski definition) is 2. The van der Waals surface area contributed by atoms with Crippen molar-refractivity contribution in [3.05, 3.63) is 56.4 Å². The molecule has 7 heteroatoms. The number of aromatic carboxylic acids is 1. The van der Waals surface area contributed by atoms with Crippen molar-refractivity contribution in [1.29, 1.82) is 0 Å². The van der Waals surface area contributed by atoms with Gasteiger partial charge in [0, 0.05) is 31.8 Å². The molecule has 0 radical (unpaired) electrons. The molecular formula is C16H8Cl2F2O2S. The highest BCUT2D eigenvalue weighted by Crippen LogP contribution is 2.42. The van der Waals surface area contributed by atoms with E-state index in [1.54, 1.807) is 18.2 Å². The Labute approximate surface area is 143 Å². The molecule has 0 aliphatic heterocycles. The van der Waals surface area contributed by atoms with Gasteiger partial charge in [-0.05, 0) is 25.1 Å². The molecule has 0 spiro atoms. The van der Waals surface area contributed by atoms with E-state index in [9.17, 15) is 18.7 Å². The van der Waals surface area contributed by atoms with Gasteiger partial charge < -0.3 is 5.11 Å². The third kappa shape index (κ3) is 2.59. The molecule has 2 aromatic carbocycles. The SMILES string of the molecule is Cc1c(F)c(-c2c(C(=O)O)sc3cc(Cl)ccc23)cc(F)c1Cl. The van der Waals surface area contributed by atoms with E-state index in [0.29, 0.717) is 15.1 Å². The van der Waals surface area contributed by atoms with Gasteiger partial charge in [-0.1, -0.05) is 29.3 Å². The third-order valence-electron chi connectivity index (χ3n) is 3.49. The number of rotatable bonds is 2. The van der Waals surface area contributed by atoms with Crippen LogP contribution in [0, 0.1) is 18.6 Å². The maximum absolute atomic E-state index is 14.6. The number of carboxylic acid groups (broad SMARTS) is 1. The van der Waals surface area contributed by atoms with Gasteiger partial charge in [0.05, 0.1) is 5.02 Å². The molecule has 0 saturated heterocycles. The molecule has 118 valence electrons. The Bertz CT molecular complexity index is 967. The second-order valence-corrected chi connectivity index (χ2v) is 6.78. The van der Waals surface area contributed by atoms with Gasteiger partial charge in [-0.25, -0.2) is 13.6 Å². The van der Waals surface area contributed by atoms with Crippen molar-refractivity contribution in [2.75, 3.05) is 0 Å². The molecule has 0 aliphatic rings. The third-order valence-corrected chi connectivity index (χ3v) is 5.33. The van der Waals surface area contributed by atoms with Crippen molar-refractivity contribution in [3.63, 3.8) is 0 Å². The smallest absolute Gasteiger partial charge is 0.346 e. The van der Waals surface area contributed by atoms with Crippen molar-refractivity contribution in [1.82, 2.24) is 0 Å². The van der Waals surface area contributed by atoms with Gasteiger partial charge in [0.25, 0.3) is 0 Å². The summed E-state index contributed by atoms with van der Waals surface area (Å²) in [6.45, 7) is 1.34.